The Kier molecular flexibility index (Phi) is 4.03. The zero-order valence-corrected chi connectivity index (χ0v) is 10.9. The van der Waals surface area contributed by atoms with Crippen molar-refractivity contribution in [2.45, 2.75) is 32.5 Å². The van der Waals surface area contributed by atoms with Crippen LogP contribution in [0.5, 0.6) is 0 Å². The fourth-order valence-electron chi connectivity index (χ4n) is 1.72. The van der Waals surface area contributed by atoms with E-state index in [0.29, 0.717) is 19.0 Å². The summed E-state index contributed by atoms with van der Waals surface area (Å²) in [5.74, 6) is 0.442. The largest absolute Gasteiger partial charge is 0.368 e. The van der Waals surface area contributed by atoms with E-state index in [1.54, 1.807) is 6.92 Å². The minimum Gasteiger partial charge on any atom is -0.368 e. The van der Waals surface area contributed by atoms with Gasteiger partial charge in [0.2, 0.25) is 10.0 Å². The fraction of sp³-hybridized carbons (Fsp3) is 1.00. The van der Waals surface area contributed by atoms with Gasteiger partial charge in [0.25, 0.3) is 0 Å². The first-order valence-corrected chi connectivity index (χ1v) is 7.16. The summed E-state index contributed by atoms with van der Waals surface area (Å²) in [6.07, 6.45) is -0.211. The average molecular weight is 256 g/mol. The van der Waals surface area contributed by atoms with E-state index in [1.165, 1.54) is 4.31 Å². The molecule has 0 saturated carbocycles. The van der Waals surface area contributed by atoms with Crippen LogP contribution in [-0.4, -0.2) is 49.2 Å². The molecule has 0 amide bonds. The van der Waals surface area contributed by atoms with Crippen LogP contribution >= 0.6 is 11.6 Å². The first-order chi connectivity index (χ1) is 6.80. The topological polar surface area (TPSA) is 46.6 Å². The van der Waals surface area contributed by atoms with Gasteiger partial charge in [-0.2, -0.15) is 4.31 Å². The van der Waals surface area contributed by atoms with E-state index in [-0.39, 0.29) is 11.9 Å². The molecule has 6 heteroatoms. The van der Waals surface area contributed by atoms with E-state index < -0.39 is 15.6 Å². The van der Waals surface area contributed by atoms with Gasteiger partial charge in [-0.05, 0) is 20.8 Å². The molecule has 15 heavy (non-hydrogen) atoms. The lowest BCUT2D eigenvalue weighted by Gasteiger charge is -2.41. The van der Waals surface area contributed by atoms with Crippen LogP contribution in [0.2, 0.25) is 0 Å². The summed E-state index contributed by atoms with van der Waals surface area (Å²) in [5.41, 5.74) is -0.458. The lowest BCUT2D eigenvalue weighted by atomic mass is 10.1. The quantitative estimate of drug-likeness (QED) is 0.709. The highest BCUT2D eigenvalue weighted by Gasteiger charge is 2.37. The molecule has 0 aromatic rings. The smallest absolute Gasteiger partial charge is 0.214 e. The highest BCUT2D eigenvalue weighted by molar-refractivity contribution is 7.89. The molecule has 1 aliphatic heterocycles. The molecule has 90 valence electrons. The molecule has 0 radical (unpaired) electrons. The molecule has 0 N–H and O–H groups in total. The van der Waals surface area contributed by atoms with Crippen molar-refractivity contribution in [2.24, 2.45) is 0 Å². The second-order valence-electron chi connectivity index (χ2n) is 4.35. The van der Waals surface area contributed by atoms with Crippen LogP contribution in [0.1, 0.15) is 20.8 Å². The van der Waals surface area contributed by atoms with Gasteiger partial charge in [0.1, 0.15) is 0 Å². The van der Waals surface area contributed by atoms with Crippen molar-refractivity contribution >= 4 is 21.6 Å². The number of hydrogen-bond donors (Lipinski definition) is 0. The number of nitrogens with zero attached hydrogens (tertiary/aromatic N) is 1. The van der Waals surface area contributed by atoms with E-state index in [0.717, 1.165) is 0 Å². The van der Waals surface area contributed by atoms with Gasteiger partial charge in [-0.3, -0.25) is 0 Å². The summed E-state index contributed by atoms with van der Waals surface area (Å²) in [5, 5.41) is 0. The highest BCUT2D eigenvalue weighted by atomic mass is 35.5. The van der Waals surface area contributed by atoms with Crippen molar-refractivity contribution in [1.29, 1.82) is 0 Å². The Morgan fingerprint density at radius 3 is 2.60 bits per heavy atom. The Bertz CT molecular complexity index is 315. The van der Waals surface area contributed by atoms with Gasteiger partial charge in [0.15, 0.2) is 0 Å². The van der Waals surface area contributed by atoms with Crippen molar-refractivity contribution in [2.75, 3.05) is 24.7 Å². The lowest BCUT2D eigenvalue weighted by Crippen LogP contribution is -2.55. The molecule has 1 rings (SSSR count). The van der Waals surface area contributed by atoms with Gasteiger partial charge in [0, 0.05) is 19.0 Å². The molecular weight excluding hydrogens is 238 g/mol. The van der Waals surface area contributed by atoms with Gasteiger partial charge in [-0.15, -0.1) is 11.6 Å². The Morgan fingerprint density at radius 1 is 1.53 bits per heavy atom. The molecule has 0 aliphatic carbocycles. The number of ether oxygens (including phenoxy) is 1. The van der Waals surface area contributed by atoms with Gasteiger partial charge in [-0.25, -0.2) is 8.42 Å². The second kappa shape index (κ2) is 4.57. The molecule has 1 unspecified atom stereocenters. The molecule has 1 atom stereocenters. The normalized spacial score (nSPS) is 27.9. The van der Waals surface area contributed by atoms with E-state index >= 15 is 0 Å². The van der Waals surface area contributed by atoms with Gasteiger partial charge in [-0.1, -0.05) is 0 Å². The molecule has 1 saturated heterocycles. The first-order valence-electron chi connectivity index (χ1n) is 5.02. The Labute approximate surface area is 96.6 Å². The summed E-state index contributed by atoms with van der Waals surface area (Å²) < 4.78 is 30.6. The third kappa shape index (κ3) is 3.31. The van der Waals surface area contributed by atoms with Crippen LogP contribution in [0.4, 0.5) is 0 Å². The third-order valence-electron chi connectivity index (χ3n) is 2.38. The first kappa shape index (κ1) is 13.2. The zero-order chi connectivity index (χ0) is 11.7. The van der Waals surface area contributed by atoms with E-state index in [2.05, 4.69) is 0 Å². The summed E-state index contributed by atoms with van der Waals surface area (Å²) in [7, 11) is -3.14. The predicted octanol–water partition coefficient (Wildman–Crippen LogP) is 1.05. The number of sulfonamides is 1. The van der Waals surface area contributed by atoms with Crippen molar-refractivity contribution in [3.8, 4) is 0 Å². The number of halogens is 1. The number of rotatable bonds is 3. The second-order valence-corrected chi connectivity index (χ2v) is 6.91. The lowest BCUT2D eigenvalue weighted by molar-refractivity contribution is -0.107. The van der Waals surface area contributed by atoms with Crippen molar-refractivity contribution in [3.05, 3.63) is 0 Å². The number of alkyl halides is 1. The average Bonchev–Trinajstić information content (AvgIpc) is 2.15. The van der Waals surface area contributed by atoms with Crippen LogP contribution in [0.25, 0.3) is 0 Å². The van der Waals surface area contributed by atoms with Gasteiger partial charge < -0.3 is 4.74 Å². The number of morpholine rings is 1. The number of hydrogen-bond acceptors (Lipinski definition) is 3. The maximum atomic E-state index is 11.7. The molecule has 4 nitrogen and oxygen atoms in total. The van der Waals surface area contributed by atoms with Crippen LogP contribution < -0.4 is 0 Å². The SMILES string of the molecule is CCS(=O)(=O)N1CC(CCl)OC(C)(C)C1. The minimum atomic E-state index is -3.14. The molecule has 0 spiro atoms. The van der Waals surface area contributed by atoms with Gasteiger partial charge in [0.05, 0.1) is 17.5 Å². The molecule has 1 heterocycles. The summed E-state index contributed by atoms with van der Waals surface area (Å²) in [6.45, 7) is 6.17. The van der Waals surface area contributed by atoms with Crippen LogP contribution in [-0.2, 0) is 14.8 Å². The molecule has 0 aromatic heterocycles. The fourth-order valence-corrected chi connectivity index (χ4v) is 3.14. The molecule has 0 bridgehead atoms. The molecule has 0 aromatic carbocycles. The van der Waals surface area contributed by atoms with E-state index in [1.807, 2.05) is 13.8 Å². The summed E-state index contributed by atoms with van der Waals surface area (Å²) in [4.78, 5) is 0. The highest BCUT2D eigenvalue weighted by Crippen LogP contribution is 2.23. The zero-order valence-electron chi connectivity index (χ0n) is 9.36. The van der Waals surface area contributed by atoms with Crippen molar-refractivity contribution in [1.82, 2.24) is 4.31 Å². The summed E-state index contributed by atoms with van der Waals surface area (Å²) in [6, 6.07) is 0. The summed E-state index contributed by atoms with van der Waals surface area (Å²) >= 11 is 5.72. The van der Waals surface area contributed by atoms with Crippen LogP contribution in [0, 0.1) is 0 Å². The molecule has 1 aliphatic rings. The maximum absolute atomic E-state index is 11.7. The van der Waals surface area contributed by atoms with Crippen LogP contribution in [0.3, 0.4) is 0 Å². The van der Waals surface area contributed by atoms with E-state index in [9.17, 15) is 8.42 Å². The third-order valence-corrected chi connectivity index (χ3v) is 4.52. The van der Waals surface area contributed by atoms with E-state index in [4.69, 9.17) is 16.3 Å². The predicted molar refractivity (Wildman–Crippen MR) is 60.7 cm³/mol. The monoisotopic (exact) mass is 255 g/mol. The van der Waals surface area contributed by atoms with Crippen molar-refractivity contribution in [3.63, 3.8) is 0 Å². The van der Waals surface area contributed by atoms with Crippen molar-refractivity contribution < 1.29 is 13.2 Å². The maximum Gasteiger partial charge on any atom is 0.214 e. The molecular formula is C9H18ClNO3S. The Balaban J connectivity index is 2.84. The standard InChI is InChI=1S/C9H18ClNO3S/c1-4-15(12,13)11-6-8(5-10)14-9(2,3)7-11/h8H,4-7H2,1-3H3. The Hall–Kier alpha value is 0.160. The van der Waals surface area contributed by atoms with Gasteiger partial charge >= 0.3 is 0 Å². The Morgan fingerprint density at radius 2 is 2.13 bits per heavy atom. The molecule has 1 fully saturated rings. The minimum absolute atomic E-state index is 0.123. The van der Waals surface area contributed by atoms with Crippen LogP contribution in [0.15, 0.2) is 0 Å².